The van der Waals surface area contributed by atoms with Gasteiger partial charge in [0.25, 0.3) is 0 Å². The number of thiophene rings is 1. The first-order valence-corrected chi connectivity index (χ1v) is 22.0. The fourth-order valence-electron chi connectivity index (χ4n) is 6.45. The fraction of sp³-hybridized carbons (Fsp3) is 0.452. The van der Waals surface area contributed by atoms with Gasteiger partial charge in [-0.15, -0.1) is 40.1 Å². The maximum atomic E-state index is 11.7. The van der Waals surface area contributed by atoms with Crippen LogP contribution in [0.3, 0.4) is 0 Å². The Morgan fingerprint density at radius 1 is 0.918 bits per heavy atom. The molecule has 0 saturated heterocycles. The molecule has 1 N–H and O–H groups in total. The molecule has 1 radical (unpaired) electrons. The Morgan fingerprint density at radius 3 is 2.16 bits per heavy atom. The third-order valence-corrected chi connectivity index (χ3v) is 12.4. The number of allylic oxidation sites excluding steroid dienone is 2. The third-order valence-electron chi connectivity index (χ3n) is 9.22. The zero-order valence-electron chi connectivity index (χ0n) is 31.4. The molecule has 0 spiro atoms. The Bertz CT molecular complexity index is 1930. The normalized spacial score (nSPS) is 12.5. The number of ketones is 1. The largest absolute Gasteiger partial charge is 0.512 e. The zero-order chi connectivity index (χ0) is 35.4. The van der Waals surface area contributed by atoms with Crippen molar-refractivity contribution in [2.45, 2.75) is 107 Å². The van der Waals surface area contributed by atoms with Gasteiger partial charge in [0.2, 0.25) is 0 Å². The molecular weight excluding hydrogens is 817 g/mol. The first kappa shape index (κ1) is 40.7. The fourth-order valence-corrected chi connectivity index (χ4v) is 9.27. The van der Waals surface area contributed by atoms with Crippen LogP contribution in [0.15, 0.2) is 60.6 Å². The molecule has 49 heavy (non-hydrogen) atoms. The van der Waals surface area contributed by atoms with E-state index in [0.29, 0.717) is 0 Å². The molecule has 3 aromatic carbocycles. The van der Waals surface area contributed by atoms with Crippen molar-refractivity contribution in [2.75, 3.05) is 0 Å². The number of carbonyl (C=O) groups is 1. The number of fused-ring (bicyclic) bond motifs is 4. The van der Waals surface area contributed by atoms with Gasteiger partial charge < -0.3 is 5.11 Å². The van der Waals surface area contributed by atoms with Gasteiger partial charge in [-0.1, -0.05) is 109 Å². The second-order valence-electron chi connectivity index (χ2n) is 15.5. The quantitative estimate of drug-likeness (QED) is 0.0657. The van der Waals surface area contributed by atoms with E-state index in [-0.39, 0.29) is 48.9 Å². The number of rotatable bonds is 10. The topological polar surface area (TPSA) is 63.1 Å². The van der Waals surface area contributed by atoms with Gasteiger partial charge >= 0.3 is 0 Å². The van der Waals surface area contributed by atoms with E-state index in [1.165, 1.54) is 43.2 Å². The molecule has 265 valence electrons. The van der Waals surface area contributed by atoms with Crippen molar-refractivity contribution >= 4 is 61.5 Å². The van der Waals surface area contributed by atoms with Gasteiger partial charge in [-0.25, -0.2) is 4.98 Å². The monoisotopic (exact) mass is 872 g/mol. The van der Waals surface area contributed by atoms with Crippen molar-refractivity contribution in [1.29, 1.82) is 0 Å². The average molecular weight is 872 g/mol. The summed E-state index contributed by atoms with van der Waals surface area (Å²) in [7, 11) is -1.57. The molecular formula is C42H55IrN2O2SSi-. The molecule has 0 aliphatic rings. The second kappa shape index (κ2) is 17.0. The Morgan fingerprint density at radius 2 is 1.57 bits per heavy atom. The van der Waals surface area contributed by atoms with Crippen molar-refractivity contribution in [3.63, 3.8) is 0 Å². The van der Waals surface area contributed by atoms with E-state index >= 15 is 0 Å². The summed E-state index contributed by atoms with van der Waals surface area (Å²) in [6.07, 6.45) is 7.69. The average Bonchev–Trinajstić information content (AvgIpc) is 3.38. The van der Waals surface area contributed by atoms with Gasteiger partial charge in [0, 0.05) is 58.5 Å². The molecule has 2 aromatic heterocycles. The Labute approximate surface area is 313 Å². The molecule has 0 bridgehead atoms. The summed E-state index contributed by atoms with van der Waals surface area (Å²) < 4.78 is 2.44. The number of benzene rings is 3. The molecule has 0 atom stereocenters. The van der Waals surface area contributed by atoms with Gasteiger partial charge in [0.05, 0.1) is 19.3 Å². The zero-order valence-corrected chi connectivity index (χ0v) is 35.6. The van der Waals surface area contributed by atoms with Crippen molar-refractivity contribution in [2.24, 2.45) is 17.3 Å². The van der Waals surface area contributed by atoms with E-state index in [1.807, 2.05) is 39.0 Å². The molecule has 0 saturated carbocycles. The summed E-state index contributed by atoms with van der Waals surface area (Å²) in [5, 5.41) is 15.0. The molecule has 0 aliphatic heterocycles. The third kappa shape index (κ3) is 9.97. The molecule has 0 aliphatic carbocycles. The van der Waals surface area contributed by atoms with Gasteiger partial charge in [0.15, 0.2) is 5.78 Å². The smallest absolute Gasteiger partial charge is 0.162 e. The Balaban J connectivity index is 0.000000347. The molecule has 5 aromatic rings. The standard InChI is InChI=1S/C29H31N2SSi.C13H24O2.Ir/c1-18-8-10-20-14-21(15-25(23(20)12-18)33(5,6)7)26-28-27(31-17-30-26)22-11-9-19(13-24(22)32-28)16-29(2,3)4;1-5-10(6-2)12(14)9-13(15)11(7-3)8-4;/h8-13,15,17H,16H2,1-7H3;9-11,14H,5-8H2,1-4H3;/q-1;;/b;12-9-;. The van der Waals surface area contributed by atoms with Crippen molar-refractivity contribution < 1.29 is 30.0 Å². The van der Waals surface area contributed by atoms with Gasteiger partial charge in [-0.2, -0.15) is 0 Å². The minimum atomic E-state index is -1.57. The molecule has 0 fully saturated rings. The van der Waals surface area contributed by atoms with Crippen LogP contribution >= 0.6 is 11.3 Å². The summed E-state index contributed by atoms with van der Waals surface area (Å²) in [4.78, 5) is 21.2. The van der Waals surface area contributed by atoms with Crippen LogP contribution in [0.1, 0.15) is 85.3 Å². The van der Waals surface area contributed by atoms with E-state index in [9.17, 15) is 9.90 Å². The van der Waals surface area contributed by atoms with Gasteiger partial charge in [0.1, 0.15) is 6.33 Å². The van der Waals surface area contributed by atoms with Crippen LogP contribution in [-0.4, -0.2) is 28.9 Å². The molecule has 0 amide bonds. The van der Waals surface area contributed by atoms with E-state index < -0.39 is 8.07 Å². The Hall–Kier alpha value is -2.70. The Kier molecular flexibility index (Phi) is 14.1. The van der Waals surface area contributed by atoms with Crippen LogP contribution in [0.2, 0.25) is 19.6 Å². The first-order chi connectivity index (χ1) is 22.6. The minimum Gasteiger partial charge on any atom is -0.512 e. The predicted octanol–water partition coefficient (Wildman–Crippen LogP) is 11.8. The number of carbonyl (C=O) groups excluding carboxylic acids is 1. The summed E-state index contributed by atoms with van der Waals surface area (Å²) in [5.41, 5.74) is 6.07. The summed E-state index contributed by atoms with van der Waals surface area (Å²) in [6.45, 7) is 24.4. The molecule has 7 heteroatoms. The molecule has 5 rings (SSSR count). The first-order valence-electron chi connectivity index (χ1n) is 17.7. The van der Waals surface area contributed by atoms with E-state index in [1.54, 1.807) is 6.33 Å². The number of aliphatic hydroxyl groups is 1. The summed E-state index contributed by atoms with van der Waals surface area (Å²) >= 11 is 1.81. The van der Waals surface area contributed by atoms with E-state index in [2.05, 4.69) is 95.9 Å². The van der Waals surface area contributed by atoms with E-state index in [4.69, 9.17) is 9.97 Å². The molecule has 2 heterocycles. The molecule has 0 unspecified atom stereocenters. The van der Waals surface area contributed by atoms with Crippen LogP contribution in [-0.2, 0) is 31.3 Å². The second-order valence-corrected chi connectivity index (χ2v) is 21.6. The molecule has 4 nitrogen and oxygen atoms in total. The predicted molar refractivity (Wildman–Crippen MR) is 211 cm³/mol. The summed E-state index contributed by atoms with van der Waals surface area (Å²) in [5.74, 6) is 0.547. The van der Waals surface area contributed by atoms with Crippen LogP contribution in [0, 0.1) is 30.2 Å². The minimum absolute atomic E-state index is 0. The maximum absolute atomic E-state index is 11.7. The van der Waals surface area contributed by atoms with Crippen LogP contribution in [0.4, 0.5) is 0 Å². The van der Waals surface area contributed by atoms with Crippen molar-refractivity contribution in [3.8, 4) is 11.3 Å². The van der Waals surface area contributed by atoms with Gasteiger partial charge in [-0.05, 0) is 56.1 Å². The number of nitrogens with zero attached hydrogens (tertiary/aromatic N) is 2. The van der Waals surface area contributed by atoms with Crippen LogP contribution < -0.4 is 5.19 Å². The summed E-state index contributed by atoms with van der Waals surface area (Å²) in [6, 6.07) is 19.6. The van der Waals surface area contributed by atoms with Crippen LogP contribution in [0.25, 0.3) is 42.3 Å². The number of hydrogen-bond donors (Lipinski definition) is 1. The van der Waals surface area contributed by atoms with Gasteiger partial charge in [-0.3, -0.25) is 9.78 Å². The number of aromatic nitrogens is 2. The maximum Gasteiger partial charge on any atom is 0.162 e. The van der Waals surface area contributed by atoms with E-state index in [0.717, 1.165) is 53.6 Å². The SMILES string of the molecule is CCC(CC)C(=O)/C=C(\O)C(CC)CC.Cc1ccc2[c-]c(-c3ncnc4c3sc3cc(CC(C)(C)C)ccc34)cc([Si](C)(C)C)c2c1.[Ir]. The number of hydrogen-bond acceptors (Lipinski definition) is 5. The van der Waals surface area contributed by atoms with Crippen LogP contribution in [0.5, 0.6) is 0 Å². The number of aliphatic hydroxyl groups excluding tert-OH is 1. The van der Waals surface area contributed by atoms with Crippen molar-refractivity contribution in [3.05, 3.63) is 77.8 Å². The number of aryl methyl sites for hydroxylation is 1. The van der Waals surface area contributed by atoms with Crippen molar-refractivity contribution in [1.82, 2.24) is 9.97 Å².